The lowest BCUT2D eigenvalue weighted by molar-refractivity contribution is -0.451. The van der Waals surface area contributed by atoms with Crippen LogP contribution in [0.2, 0.25) is 0 Å². The van der Waals surface area contributed by atoms with Crippen molar-refractivity contribution in [3.05, 3.63) is 59.7 Å². The summed E-state index contributed by atoms with van der Waals surface area (Å²) in [6.07, 6.45) is 2.57. The maximum Gasteiger partial charge on any atom is 0.355 e. The Labute approximate surface area is 161 Å². The molecule has 28 heavy (non-hydrogen) atoms. The zero-order valence-corrected chi connectivity index (χ0v) is 16.2. The van der Waals surface area contributed by atoms with Gasteiger partial charge in [-0.2, -0.15) is 17.6 Å². The number of benzene rings is 2. The Bertz CT molecular complexity index is 882. The van der Waals surface area contributed by atoms with Gasteiger partial charge in [0.15, 0.2) is 0 Å². The molecule has 0 aromatic heterocycles. The van der Waals surface area contributed by atoms with E-state index in [0.29, 0.717) is 0 Å². The van der Waals surface area contributed by atoms with Crippen molar-refractivity contribution in [1.82, 2.24) is 0 Å². The highest BCUT2D eigenvalue weighted by Gasteiger charge is 2.98. The summed E-state index contributed by atoms with van der Waals surface area (Å²) < 4.78 is 111. The quantitative estimate of drug-likeness (QED) is 0.658. The van der Waals surface area contributed by atoms with E-state index in [1.165, 1.54) is 12.5 Å². The fraction of sp³-hybridized carbons (Fsp3) is 0.333. The molecule has 1 saturated carbocycles. The van der Waals surface area contributed by atoms with Gasteiger partial charge in [0.05, 0.1) is 0 Å². The predicted octanol–water partition coefficient (Wildman–Crippen LogP) is 4.48. The molecule has 2 aromatic rings. The fourth-order valence-corrected chi connectivity index (χ4v) is 4.35. The van der Waals surface area contributed by atoms with Gasteiger partial charge in [-0.15, -0.1) is 0 Å². The summed E-state index contributed by atoms with van der Waals surface area (Å²) in [5.41, 5.74) is -10.7. The Morgan fingerprint density at radius 2 is 0.821 bits per heavy atom. The Hall–Kier alpha value is -1.68. The molecule has 0 radical (unpaired) electrons. The summed E-state index contributed by atoms with van der Waals surface area (Å²) in [4.78, 5) is 0.280. The summed E-state index contributed by atoms with van der Waals surface area (Å²) in [6, 6.07) is 6.97. The van der Waals surface area contributed by atoms with Gasteiger partial charge in [0.2, 0.25) is 11.3 Å². The van der Waals surface area contributed by atoms with Gasteiger partial charge in [0.1, 0.15) is 0 Å². The summed E-state index contributed by atoms with van der Waals surface area (Å²) in [7, 11) is -3.05. The molecule has 0 heterocycles. The van der Waals surface area contributed by atoms with Crippen LogP contribution in [0.4, 0.5) is 26.3 Å². The molecule has 0 saturated heterocycles. The van der Waals surface area contributed by atoms with E-state index in [1.54, 1.807) is 0 Å². The molecule has 4 atom stereocenters. The normalized spacial score (nSPS) is 30.3. The first kappa shape index (κ1) is 21.0. The van der Waals surface area contributed by atoms with Crippen molar-refractivity contribution < 1.29 is 34.8 Å². The SMILES string of the molecule is CS(=O)c1ccc([C@]2(F)C(F)(F)C(F)(F)[C@@]2(F)c2ccc(S(C)=O)cc2)cc1. The van der Waals surface area contributed by atoms with Crippen LogP contribution < -0.4 is 0 Å². The zero-order chi connectivity index (χ0) is 21.1. The molecule has 2 aromatic carbocycles. The highest BCUT2D eigenvalue weighted by atomic mass is 32.2. The maximum atomic E-state index is 15.5. The topological polar surface area (TPSA) is 34.1 Å². The number of alkyl halides is 6. The lowest BCUT2D eigenvalue weighted by Crippen LogP contribution is -2.82. The first-order chi connectivity index (χ1) is 12.8. The average molecular weight is 440 g/mol. The summed E-state index contributed by atoms with van der Waals surface area (Å²) in [5, 5.41) is 0. The van der Waals surface area contributed by atoms with Crippen molar-refractivity contribution in [1.29, 1.82) is 0 Å². The predicted molar refractivity (Wildman–Crippen MR) is 93.0 cm³/mol. The lowest BCUT2D eigenvalue weighted by atomic mass is 9.56. The second kappa shape index (κ2) is 6.41. The largest absolute Gasteiger partial charge is 0.355 e. The van der Waals surface area contributed by atoms with E-state index < -0.39 is 55.9 Å². The molecular formula is C18H14F6O2S2. The molecule has 0 N–H and O–H groups in total. The third kappa shape index (κ3) is 2.39. The van der Waals surface area contributed by atoms with Crippen molar-refractivity contribution >= 4 is 21.6 Å². The van der Waals surface area contributed by atoms with Crippen LogP contribution >= 0.6 is 0 Å². The van der Waals surface area contributed by atoms with E-state index in [2.05, 4.69) is 0 Å². The van der Waals surface area contributed by atoms with E-state index in [1.807, 2.05) is 0 Å². The summed E-state index contributed by atoms with van der Waals surface area (Å²) in [6.45, 7) is 0. The average Bonchev–Trinajstić information content (AvgIpc) is 2.66. The van der Waals surface area contributed by atoms with Crippen LogP contribution in [0.3, 0.4) is 0 Å². The molecule has 3 rings (SSSR count). The van der Waals surface area contributed by atoms with Gasteiger partial charge in [-0.05, 0) is 35.4 Å². The molecule has 1 aliphatic carbocycles. The minimum Gasteiger partial charge on any atom is -0.255 e. The van der Waals surface area contributed by atoms with Gasteiger partial charge in [-0.3, -0.25) is 8.42 Å². The van der Waals surface area contributed by atoms with E-state index in [0.717, 1.165) is 48.5 Å². The van der Waals surface area contributed by atoms with Gasteiger partial charge in [0, 0.05) is 43.9 Å². The van der Waals surface area contributed by atoms with Gasteiger partial charge >= 0.3 is 11.8 Å². The van der Waals surface area contributed by atoms with Crippen molar-refractivity contribution in [3.8, 4) is 0 Å². The van der Waals surface area contributed by atoms with Crippen LogP contribution in [0.25, 0.3) is 0 Å². The monoisotopic (exact) mass is 440 g/mol. The van der Waals surface area contributed by atoms with Gasteiger partial charge in [-0.25, -0.2) is 8.78 Å². The van der Waals surface area contributed by atoms with E-state index in [9.17, 15) is 26.0 Å². The standard InChI is InChI=1S/C18H14F6O2S2/c1-27(25)13-7-3-11(4-8-13)15(19)16(20,18(23,24)17(15,21)22)12-5-9-14(10-6-12)28(2)26/h3-10H,1-2H3/t15-,16-,27?,28?/m1/s1. The molecule has 10 heteroatoms. The molecule has 152 valence electrons. The molecule has 2 unspecified atom stereocenters. The molecule has 0 bridgehead atoms. The van der Waals surface area contributed by atoms with Crippen molar-refractivity contribution in [2.24, 2.45) is 0 Å². The third-order valence-electron chi connectivity index (χ3n) is 4.90. The number of hydrogen-bond acceptors (Lipinski definition) is 2. The molecule has 0 amide bonds. The zero-order valence-electron chi connectivity index (χ0n) is 14.5. The lowest BCUT2D eigenvalue weighted by Gasteiger charge is -2.58. The molecule has 0 spiro atoms. The van der Waals surface area contributed by atoms with Crippen LogP contribution in [0.1, 0.15) is 11.1 Å². The highest BCUT2D eigenvalue weighted by Crippen LogP contribution is 2.76. The Balaban J connectivity index is 2.19. The minimum absolute atomic E-state index is 0.140. The van der Waals surface area contributed by atoms with Crippen molar-refractivity contribution in [3.63, 3.8) is 0 Å². The first-order valence-electron chi connectivity index (χ1n) is 7.83. The molecule has 0 aliphatic heterocycles. The Kier molecular flexibility index (Phi) is 4.82. The molecule has 1 fully saturated rings. The highest BCUT2D eigenvalue weighted by molar-refractivity contribution is 7.84. The van der Waals surface area contributed by atoms with E-state index >= 15 is 8.78 Å². The molecule has 1 aliphatic rings. The number of hydrogen-bond donors (Lipinski definition) is 0. The van der Waals surface area contributed by atoms with Crippen LogP contribution in [-0.2, 0) is 32.9 Å². The number of halogens is 6. The van der Waals surface area contributed by atoms with Gasteiger partial charge < -0.3 is 0 Å². The molecule has 2 nitrogen and oxygen atoms in total. The first-order valence-corrected chi connectivity index (χ1v) is 11.0. The summed E-state index contributed by atoms with van der Waals surface area (Å²) in [5.74, 6) is -10.7. The van der Waals surface area contributed by atoms with Crippen LogP contribution in [0.5, 0.6) is 0 Å². The van der Waals surface area contributed by atoms with Crippen LogP contribution in [-0.4, -0.2) is 32.8 Å². The van der Waals surface area contributed by atoms with Gasteiger partial charge in [-0.1, -0.05) is 24.3 Å². The van der Waals surface area contributed by atoms with Crippen LogP contribution in [0.15, 0.2) is 58.3 Å². The third-order valence-corrected chi connectivity index (χ3v) is 6.77. The van der Waals surface area contributed by atoms with E-state index in [4.69, 9.17) is 0 Å². The summed E-state index contributed by atoms with van der Waals surface area (Å²) >= 11 is 0. The smallest absolute Gasteiger partial charge is 0.255 e. The maximum absolute atomic E-state index is 15.5. The second-order valence-electron chi connectivity index (χ2n) is 6.42. The Morgan fingerprint density at radius 1 is 0.571 bits per heavy atom. The second-order valence-corrected chi connectivity index (χ2v) is 9.18. The van der Waals surface area contributed by atoms with Crippen molar-refractivity contribution in [2.45, 2.75) is 33.0 Å². The van der Waals surface area contributed by atoms with E-state index in [-0.39, 0.29) is 9.79 Å². The fourth-order valence-electron chi connectivity index (χ4n) is 3.32. The number of rotatable bonds is 4. The Morgan fingerprint density at radius 3 is 1.04 bits per heavy atom. The molecular weight excluding hydrogens is 426 g/mol. The minimum atomic E-state index is -5.33. The van der Waals surface area contributed by atoms with Crippen molar-refractivity contribution in [2.75, 3.05) is 12.5 Å². The van der Waals surface area contributed by atoms with Gasteiger partial charge in [0.25, 0.3) is 0 Å². The van der Waals surface area contributed by atoms with Crippen LogP contribution in [0, 0.1) is 0 Å².